The van der Waals surface area contributed by atoms with Crippen molar-refractivity contribution < 1.29 is 19.0 Å². The first-order valence-corrected chi connectivity index (χ1v) is 19.6. The lowest BCUT2D eigenvalue weighted by Crippen LogP contribution is -2.40. The summed E-state index contributed by atoms with van der Waals surface area (Å²) in [6.07, 6.45) is 2.44. The van der Waals surface area contributed by atoms with E-state index in [1.165, 1.54) is 22.4 Å². The van der Waals surface area contributed by atoms with E-state index in [1.807, 2.05) is 18.2 Å². The minimum absolute atomic E-state index is 0.0220. The van der Waals surface area contributed by atoms with Gasteiger partial charge >= 0.3 is 5.97 Å². The summed E-state index contributed by atoms with van der Waals surface area (Å²) in [5, 5.41) is 0.197. The Bertz CT molecular complexity index is 1410. The maximum atomic E-state index is 12.8. The summed E-state index contributed by atoms with van der Waals surface area (Å²) in [4.78, 5) is 25.7. The first kappa shape index (κ1) is 36.5. The Morgan fingerprint density at radius 3 is 2.04 bits per heavy atom. The van der Waals surface area contributed by atoms with Gasteiger partial charge in [0.1, 0.15) is 0 Å². The Kier molecular flexibility index (Phi) is 12.6. The fraction of sp³-hybridized carbons (Fsp3) is 0.513. The van der Waals surface area contributed by atoms with Gasteiger partial charge in [-0.2, -0.15) is 4.89 Å². The van der Waals surface area contributed by atoms with E-state index in [1.54, 1.807) is 0 Å². The molecular weight excluding hydrogens is 575 g/mol. The lowest BCUT2D eigenvalue weighted by molar-refractivity contribution is -0.241. The van der Waals surface area contributed by atoms with Crippen LogP contribution in [-0.4, -0.2) is 40.6 Å². The molecule has 0 N–H and O–H groups in total. The van der Waals surface area contributed by atoms with Crippen LogP contribution in [0.5, 0.6) is 0 Å². The summed E-state index contributed by atoms with van der Waals surface area (Å²) in [6.45, 7) is 27.6. The van der Waals surface area contributed by atoms with Crippen LogP contribution in [0, 0.1) is 0 Å². The summed E-state index contributed by atoms with van der Waals surface area (Å²) in [5.41, 5.74) is 8.91. The lowest BCUT2D eigenvalue weighted by Gasteiger charge is -2.36. The second-order valence-corrected chi connectivity index (χ2v) is 19.3. The molecule has 0 aliphatic rings. The zero-order valence-electron chi connectivity index (χ0n) is 29.8. The first-order valence-electron chi connectivity index (χ1n) is 16.7. The summed E-state index contributed by atoms with van der Waals surface area (Å²) in [5.74, 6) is -0.467. The van der Waals surface area contributed by atoms with Crippen molar-refractivity contribution in [3.63, 3.8) is 0 Å². The SMILES string of the molecule is CCc1cc(C(=O)OOCCCCO[Si](C)(C)C(C)(C)C)ccc1-c1cccc(-c2ccc(N(CC)CC)c(C(C)(C)C)c2)c1. The van der Waals surface area contributed by atoms with Gasteiger partial charge in [-0.15, -0.1) is 0 Å². The van der Waals surface area contributed by atoms with Gasteiger partial charge < -0.3 is 9.33 Å². The van der Waals surface area contributed by atoms with Crippen molar-refractivity contribution >= 4 is 20.0 Å². The molecule has 246 valence electrons. The van der Waals surface area contributed by atoms with Gasteiger partial charge in [0.15, 0.2) is 8.32 Å². The highest BCUT2D eigenvalue weighted by atomic mass is 28.4. The minimum atomic E-state index is -1.74. The third-order valence-electron chi connectivity index (χ3n) is 9.16. The topological polar surface area (TPSA) is 48.0 Å². The Morgan fingerprint density at radius 1 is 0.778 bits per heavy atom. The van der Waals surface area contributed by atoms with Crippen LogP contribution in [0.4, 0.5) is 5.69 Å². The second kappa shape index (κ2) is 15.6. The van der Waals surface area contributed by atoms with Crippen molar-refractivity contribution in [2.24, 2.45) is 0 Å². The molecule has 3 aromatic carbocycles. The molecule has 3 rings (SSSR count). The van der Waals surface area contributed by atoms with Crippen molar-refractivity contribution in [3.05, 3.63) is 77.4 Å². The summed E-state index contributed by atoms with van der Waals surface area (Å²) in [6, 6.07) is 21.3. The predicted octanol–water partition coefficient (Wildman–Crippen LogP) is 10.6. The van der Waals surface area contributed by atoms with E-state index >= 15 is 0 Å². The quantitative estimate of drug-likeness (QED) is 0.0767. The van der Waals surface area contributed by atoms with Crippen LogP contribution in [0.3, 0.4) is 0 Å². The van der Waals surface area contributed by atoms with Crippen molar-refractivity contribution in [3.8, 4) is 22.3 Å². The van der Waals surface area contributed by atoms with Crippen LogP contribution < -0.4 is 4.90 Å². The largest absolute Gasteiger partial charge is 0.417 e. The third-order valence-corrected chi connectivity index (χ3v) is 13.7. The Balaban J connectivity index is 1.70. The van der Waals surface area contributed by atoms with Crippen LogP contribution in [0.15, 0.2) is 60.7 Å². The molecule has 0 saturated carbocycles. The number of aryl methyl sites for hydroxylation is 1. The Morgan fingerprint density at radius 2 is 1.42 bits per heavy atom. The standard InChI is InChI=1S/C39H57NO4Si/c1-12-29-26-33(37(41)44-42-24-15-16-25-43-45(10,11)39(7,8)9)20-22-34(29)32-19-17-18-30(27-32)31-21-23-36(40(13-2)14-3)35(28-31)38(4,5)6/h17-23,26-28H,12-16,24-25H2,1-11H3. The molecule has 0 saturated heterocycles. The van der Waals surface area contributed by atoms with Gasteiger partial charge in [0.05, 0.1) is 12.2 Å². The van der Waals surface area contributed by atoms with Crippen molar-refractivity contribution in [2.75, 3.05) is 31.2 Å². The molecule has 0 amide bonds. The number of rotatable bonds is 14. The van der Waals surface area contributed by atoms with Gasteiger partial charge in [0, 0.05) is 25.4 Å². The van der Waals surface area contributed by atoms with Crippen LogP contribution in [0.1, 0.15) is 96.6 Å². The maximum Gasteiger partial charge on any atom is 0.373 e. The molecule has 0 unspecified atom stereocenters. The number of benzene rings is 3. The van der Waals surface area contributed by atoms with E-state index in [4.69, 9.17) is 14.2 Å². The fourth-order valence-corrected chi connectivity index (χ4v) is 6.36. The van der Waals surface area contributed by atoms with Gasteiger partial charge in [-0.3, -0.25) is 4.89 Å². The molecule has 0 radical (unpaired) electrons. The Labute approximate surface area is 274 Å². The molecule has 0 aliphatic heterocycles. The first-order chi connectivity index (χ1) is 21.1. The number of anilines is 1. The zero-order chi connectivity index (χ0) is 33.4. The number of hydrogen-bond donors (Lipinski definition) is 0. The summed E-state index contributed by atoms with van der Waals surface area (Å²) >= 11 is 0. The highest BCUT2D eigenvalue weighted by Gasteiger charge is 2.36. The number of nitrogens with zero attached hydrogens (tertiary/aromatic N) is 1. The number of carbonyl (C=O) groups is 1. The number of unbranched alkanes of at least 4 members (excludes halogenated alkanes) is 1. The van der Waals surface area contributed by atoms with Gasteiger partial charge in [-0.25, -0.2) is 4.79 Å². The molecule has 0 spiro atoms. The molecule has 5 nitrogen and oxygen atoms in total. The molecule has 45 heavy (non-hydrogen) atoms. The van der Waals surface area contributed by atoms with E-state index in [0.717, 1.165) is 49.0 Å². The minimum Gasteiger partial charge on any atom is -0.417 e. The van der Waals surface area contributed by atoms with E-state index < -0.39 is 14.3 Å². The molecule has 6 heteroatoms. The molecular formula is C39H57NO4Si. The summed E-state index contributed by atoms with van der Waals surface area (Å²) in [7, 11) is -1.74. The van der Waals surface area contributed by atoms with E-state index in [0.29, 0.717) is 18.8 Å². The third kappa shape index (κ3) is 9.54. The van der Waals surface area contributed by atoms with Crippen molar-refractivity contribution in [1.29, 1.82) is 0 Å². The molecule has 0 atom stereocenters. The molecule has 0 bridgehead atoms. The van der Waals surface area contributed by atoms with Crippen LogP contribution in [0.25, 0.3) is 22.3 Å². The maximum absolute atomic E-state index is 12.8. The van der Waals surface area contributed by atoms with E-state index in [-0.39, 0.29) is 10.5 Å². The fourth-order valence-electron chi connectivity index (χ4n) is 5.27. The van der Waals surface area contributed by atoms with Gasteiger partial charge in [-0.1, -0.05) is 78.8 Å². The molecule has 0 fully saturated rings. The highest BCUT2D eigenvalue weighted by molar-refractivity contribution is 6.74. The normalized spacial score (nSPS) is 12.3. The van der Waals surface area contributed by atoms with Gasteiger partial charge in [-0.05, 0) is 120 Å². The van der Waals surface area contributed by atoms with E-state index in [2.05, 4.69) is 123 Å². The molecule has 0 heterocycles. The highest BCUT2D eigenvalue weighted by Crippen LogP contribution is 2.38. The van der Waals surface area contributed by atoms with Crippen molar-refractivity contribution in [2.45, 2.75) is 105 Å². The molecule has 0 aliphatic carbocycles. The molecule has 0 aromatic heterocycles. The van der Waals surface area contributed by atoms with Crippen LogP contribution in [0.2, 0.25) is 18.1 Å². The molecule has 3 aromatic rings. The second-order valence-electron chi connectivity index (χ2n) is 14.5. The van der Waals surface area contributed by atoms with Gasteiger partial charge in [0.2, 0.25) is 0 Å². The number of hydrogen-bond acceptors (Lipinski definition) is 5. The van der Waals surface area contributed by atoms with Crippen molar-refractivity contribution in [1.82, 2.24) is 0 Å². The zero-order valence-corrected chi connectivity index (χ0v) is 30.8. The van der Waals surface area contributed by atoms with Gasteiger partial charge in [0.25, 0.3) is 0 Å². The monoisotopic (exact) mass is 631 g/mol. The number of carbonyl (C=O) groups excluding carboxylic acids is 1. The van der Waals surface area contributed by atoms with E-state index in [9.17, 15) is 4.79 Å². The predicted molar refractivity (Wildman–Crippen MR) is 193 cm³/mol. The summed E-state index contributed by atoms with van der Waals surface area (Å²) < 4.78 is 6.21. The average molecular weight is 632 g/mol. The lowest BCUT2D eigenvalue weighted by atomic mass is 9.83. The smallest absolute Gasteiger partial charge is 0.373 e. The van der Waals surface area contributed by atoms with Crippen LogP contribution in [-0.2, 0) is 26.0 Å². The Hall–Kier alpha value is -2.93. The average Bonchev–Trinajstić information content (AvgIpc) is 2.99. The van der Waals surface area contributed by atoms with Crippen LogP contribution >= 0.6 is 0 Å².